The molecule has 3 aromatic rings. The lowest BCUT2D eigenvalue weighted by atomic mass is 10.1. The molecule has 1 fully saturated rings. The van der Waals surface area contributed by atoms with Crippen LogP contribution in [0.15, 0.2) is 54.6 Å². The molecule has 1 aliphatic rings. The van der Waals surface area contributed by atoms with Crippen LogP contribution in [0.4, 0.5) is 0 Å². The molecule has 1 saturated heterocycles. The standard InChI is InChI=1S/C22H23N3O4/c1-23-21(26)20-12-17(29-15-6-4-3-5-7-15)13-25(20)22(27)19-10-14-8-9-16(28-2)11-18(14)24-19/h3-11,17,20,24H,12-13H2,1-2H3,(H,23,26)/t17-,20-/m0/s1. The molecule has 0 bridgehead atoms. The molecule has 0 radical (unpaired) electrons. The number of ether oxygens (including phenoxy) is 2. The third kappa shape index (κ3) is 3.76. The number of likely N-dealkylation sites (N-methyl/N-ethyl adjacent to an activating group) is 1. The van der Waals surface area contributed by atoms with Gasteiger partial charge in [0.05, 0.1) is 13.7 Å². The Hall–Kier alpha value is -3.48. The molecule has 0 saturated carbocycles. The third-order valence-corrected chi connectivity index (χ3v) is 5.18. The van der Waals surface area contributed by atoms with Crippen LogP contribution in [0, 0.1) is 0 Å². The van der Waals surface area contributed by atoms with E-state index in [2.05, 4.69) is 10.3 Å². The van der Waals surface area contributed by atoms with Gasteiger partial charge in [-0.2, -0.15) is 0 Å². The molecule has 7 nitrogen and oxygen atoms in total. The van der Waals surface area contributed by atoms with Crippen molar-refractivity contribution in [1.82, 2.24) is 15.2 Å². The molecular formula is C22H23N3O4. The molecule has 29 heavy (non-hydrogen) atoms. The van der Waals surface area contributed by atoms with Crippen molar-refractivity contribution >= 4 is 22.7 Å². The summed E-state index contributed by atoms with van der Waals surface area (Å²) < 4.78 is 11.2. The number of para-hydroxylation sites is 1. The summed E-state index contributed by atoms with van der Waals surface area (Å²) in [5.74, 6) is 1.00. The Bertz CT molecular complexity index is 1030. The highest BCUT2D eigenvalue weighted by molar-refractivity contribution is 6.00. The molecule has 7 heteroatoms. The molecular weight excluding hydrogens is 370 g/mol. The number of rotatable bonds is 5. The van der Waals surface area contributed by atoms with Crippen LogP contribution >= 0.6 is 0 Å². The summed E-state index contributed by atoms with van der Waals surface area (Å²) in [4.78, 5) is 30.4. The quantitative estimate of drug-likeness (QED) is 0.698. The Kier molecular flexibility index (Phi) is 5.12. The van der Waals surface area contributed by atoms with E-state index in [0.717, 1.165) is 16.7 Å². The van der Waals surface area contributed by atoms with E-state index in [9.17, 15) is 9.59 Å². The van der Waals surface area contributed by atoms with Gasteiger partial charge < -0.3 is 24.7 Å². The van der Waals surface area contributed by atoms with E-state index in [-0.39, 0.29) is 17.9 Å². The van der Waals surface area contributed by atoms with E-state index in [1.807, 2.05) is 48.5 Å². The van der Waals surface area contributed by atoms with Crippen molar-refractivity contribution < 1.29 is 19.1 Å². The van der Waals surface area contributed by atoms with Gasteiger partial charge in [-0.05, 0) is 30.3 Å². The highest BCUT2D eigenvalue weighted by Gasteiger charge is 2.41. The van der Waals surface area contributed by atoms with Crippen LogP contribution < -0.4 is 14.8 Å². The largest absolute Gasteiger partial charge is 0.497 e. The molecule has 150 valence electrons. The molecule has 0 spiro atoms. The number of likely N-dealkylation sites (tertiary alicyclic amines) is 1. The van der Waals surface area contributed by atoms with Crippen LogP contribution in [0.3, 0.4) is 0 Å². The monoisotopic (exact) mass is 393 g/mol. The summed E-state index contributed by atoms with van der Waals surface area (Å²) in [5.41, 5.74) is 1.24. The Morgan fingerprint density at radius 1 is 1.10 bits per heavy atom. The topological polar surface area (TPSA) is 83.7 Å². The fourth-order valence-corrected chi connectivity index (χ4v) is 3.72. The van der Waals surface area contributed by atoms with Crippen molar-refractivity contribution in [2.24, 2.45) is 0 Å². The van der Waals surface area contributed by atoms with Gasteiger partial charge in [-0.3, -0.25) is 9.59 Å². The highest BCUT2D eigenvalue weighted by atomic mass is 16.5. The van der Waals surface area contributed by atoms with Crippen LogP contribution in [-0.4, -0.2) is 54.5 Å². The predicted octanol–water partition coefficient (Wildman–Crippen LogP) is 2.58. The minimum absolute atomic E-state index is 0.199. The van der Waals surface area contributed by atoms with Crippen LogP contribution in [0.2, 0.25) is 0 Å². The second kappa shape index (κ2) is 7.87. The average Bonchev–Trinajstić information content (AvgIpc) is 3.37. The first-order chi connectivity index (χ1) is 14.1. The number of carbonyl (C=O) groups is 2. The van der Waals surface area contributed by atoms with Crippen molar-refractivity contribution in [1.29, 1.82) is 0 Å². The number of aromatic amines is 1. The van der Waals surface area contributed by atoms with Crippen LogP contribution in [0.1, 0.15) is 16.9 Å². The number of fused-ring (bicyclic) bond motifs is 1. The summed E-state index contributed by atoms with van der Waals surface area (Å²) in [6.45, 7) is 0.338. The van der Waals surface area contributed by atoms with Gasteiger partial charge >= 0.3 is 0 Å². The van der Waals surface area contributed by atoms with Crippen molar-refractivity contribution in [2.75, 3.05) is 20.7 Å². The van der Waals surface area contributed by atoms with Crippen LogP contribution in [0.5, 0.6) is 11.5 Å². The van der Waals surface area contributed by atoms with Gasteiger partial charge in [0.1, 0.15) is 29.3 Å². The Labute approximate surface area is 168 Å². The molecule has 0 unspecified atom stereocenters. The van der Waals surface area contributed by atoms with Crippen molar-refractivity contribution in [3.05, 3.63) is 60.3 Å². The molecule has 4 rings (SSSR count). The first-order valence-corrected chi connectivity index (χ1v) is 9.50. The molecule has 2 atom stereocenters. The van der Waals surface area contributed by atoms with Crippen molar-refractivity contribution in [3.63, 3.8) is 0 Å². The lowest BCUT2D eigenvalue weighted by Gasteiger charge is -2.22. The second-order valence-electron chi connectivity index (χ2n) is 7.01. The van der Waals surface area contributed by atoms with E-state index in [1.54, 1.807) is 25.1 Å². The van der Waals surface area contributed by atoms with Gasteiger partial charge in [0.2, 0.25) is 5.91 Å². The summed E-state index contributed by atoms with van der Waals surface area (Å²) in [7, 11) is 3.17. The number of benzene rings is 2. The normalized spacial score (nSPS) is 18.6. The number of amides is 2. The van der Waals surface area contributed by atoms with E-state index in [1.165, 1.54) is 0 Å². The fraction of sp³-hybridized carbons (Fsp3) is 0.273. The lowest BCUT2D eigenvalue weighted by molar-refractivity contribution is -0.124. The molecule has 2 aromatic carbocycles. The average molecular weight is 393 g/mol. The highest BCUT2D eigenvalue weighted by Crippen LogP contribution is 2.27. The fourth-order valence-electron chi connectivity index (χ4n) is 3.72. The van der Waals surface area contributed by atoms with Gasteiger partial charge in [0, 0.05) is 30.4 Å². The number of aromatic nitrogens is 1. The third-order valence-electron chi connectivity index (χ3n) is 5.18. The zero-order valence-corrected chi connectivity index (χ0v) is 16.3. The number of hydrogen-bond acceptors (Lipinski definition) is 4. The number of nitrogens with one attached hydrogen (secondary N) is 2. The summed E-state index contributed by atoms with van der Waals surface area (Å²) in [6, 6.07) is 16.2. The van der Waals surface area contributed by atoms with Crippen LogP contribution in [0.25, 0.3) is 10.9 Å². The van der Waals surface area contributed by atoms with Gasteiger partial charge in [0.15, 0.2) is 0 Å². The Morgan fingerprint density at radius 2 is 1.90 bits per heavy atom. The van der Waals surface area contributed by atoms with Gasteiger partial charge in [-0.15, -0.1) is 0 Å². The summed E-state index contributed by atoms with van der Waals surface area (Å²) in [6.07, 6.45) is 0.182. The van der Waals surface area contributed by atoms with E-state index in [4.69, 9.17) is 9.47 Å². The van der Waals surface area contributed by atoms with Crippen molar-refractivity contribution in [3.8, 4) is 11.5 Å². The first-order valence-electron chi connectivity index (χ1n) is 9.50. The molecule has 1 aromatic heterocycles. The zero-order valence-electron chi connectivity index (χ0n) is 16.3. The summed E-state index contributed by atoms with van der Waals surface area (Å²) in [5, 5.41) is 3.56. The Balaban J connectivity index is 1.58. The Morgan fingerprint density at radius 3 is 2.62 bits per heavy atom. The number of methoxy groups -OCH3 is 1. The number of H-pyrrole nitrogens is 1. The van der Waals surface area contributed by atoms with Crippen molar-refractivity contribution in [2.45, 2.75) is 18.6 Å². The zero-order chi connectivity index (χ0) is 20.4. The van der Waals surface area contributed by atoms with Gasteiger partial charge in [-0.25, -0.2) is 0 Å². The first kappa shape index (κ1) is 18.9. The SMILES string of the molecule is CNC(=O)[C@@H]1C[C@H](Oc2ccccc2)CN1C(=O)c1cc2ccc(OC)cc2[nH]1. The van der Waals surface area contributed by atoms with E-state index < -0.39 is 6.04 Å². The van der Waals surface area contributed by atoms with E-state index in [0.29, 0.717) is 24.4 Å². The number of nitrogens with zero attached hydrogens (tertiary/aromatic N) is 1. The smallest absolute Gasteiger partial charge is 0.271 e. The van der Waals surface area contributed by atoms with Gasteiger partial charge in [0.25, 0.3) is 5.91 Å². The molecule has 2 heterocycles. The maximum atomic E-state index is 13.2. The molecule has 0 aliphatic carbocycles. The lowest BCUT2D eigenvalue weighted by Crippen LogP contribution is -2.45. The molecule has 1 aliphatic heterocycles. The molecule has 2 amide bonds. The van der Waals surface area contributed by atoms with Crippen LogP contribution in [-0.2, 0) is 4.79 Å². The maximum Gasteiger partial charge on any atom is 0.271 e. The minimum Gasteiger partial charge on any atom is -0.497 e. The van der Waals surface area contributed by atoms with E-state index >= 15 is 0 Å². The molecule has 2 N–H and O–H groups in total. The summed E-state index contributed by atoms with van der Waals surface area (Å²) >= 11 is 0. The number of carbonyl (C=O) groups excluding carboxylic acids is 2. The van der Waals surface area contributed by atoms with Gasteiger partial charge in [-0.1, -0.05) is 18.2 Å². The second-order valence-corrected chi connectivity index (χ2v) is 7.01. The minimum atomic E-state index is -0.581. The number of hydrogen-bond donors (Lipinski definition) is 2. The maximum absolute atomic E-state index is 13.2. The predicted molar refractivity (Wildman–Crippen MR) is 109 cm³/mol.